The Morgan fingerprint density at radius 3 is 2.46 bits per heavy atom. The van der Waals surface area contributed by atoms with Crippen molar-refractivity contribution in [1.29, 1.82) is 0 Å². The van der Waals surface area contributed by atoms with E-state index < -0.39 is 29.7 Å². The molecule has 1 aromatic carbocycles. The summed E-state index contributed by atoms with van der Waals surface area (Å²) in [6.07, 6.45) is 8.29. The molecule has 0 radical (unpaired) electrons. The number of hydrogen-bond donors (Lipinski definition) is 6. The predicted molar refractivity (Wildman–Crippen MR) is 214 cm³/mol. The van der Waals surface area contributed by atoms with Crippen LogP contribution in [0, 0.1) is 5.92 Å². The van der Waals surface area contributed by atoms with Gasteiger partial charge >= 0.3 is 0 Å². The van der Waals surface area contributed by atoms with Gasteiger partial charge in [0, 0.05) is 73.2 Å². The fourth-order valence-corrected chi connectivity index (χ4v) is 7.28. The summed E-state index contributed by atoms with van der Waals surface area (Å²) < 4.78 is 11.2. The first-order chi connectivity index (χ1) is 28.7. The molecule has 3 fully saturated rings. The lowest BCUT2D eigenvalue weighted by Crippen LogP contribution is -2.54. The number of ether oxygens (including phenoxy) is 2. The third-order valence-electron chi connectivity index (χ3n) is 10.6. The molecule has 306 valence electrons. The van der Waals surface area contributed by atoms with Crippen molar-refractivity contribution in [2.75, 3.05) is 55.5 Å². The van der Waals surface area contributed by atoms with Gasteiger partial charge in [-0.3, -0.25) is 44.0 Å². The molecular weight excluding hydrogens is 761 g/mol. The maximum atomic E-state index is 13.3. The standard InChI is InChI=1S/C41H44N10O8/c52-35-9-7-32(39(55)50-35)51-40(56)27-2-1-3-30(36(27)41(51)57)43-12-14-58-16-17-59-15-13-44-37(53)24-18-26(19-24)47-38(54)28-22-45-34(20-31(28)46-25-5-6-25)49-33-8-4-23-21-42-11-10-29(23)48-33/h1-4,8,10-11,20-22,24-26,32,43H,5-7,9,12-19H2,(H,44,53)(H,47,54)(H,50,52,55)(H2,45,46,48,49)/t24-,26-,32?. The largest absolute Gasteiger partial charge is 0.382 e. The van der Waals surface area contributed by atoms with Gasteiger partial charge < -0.3 is 36.1 Å². The third kappa shape index (κ3) is 9.13. The number of nitrogens with one attached hydrogen (secondary N) is 6. The summed E-state index contributed by atoms with van der Waals surface area (Å²) in [6.45, 7) is 1.89. The van der Waals surface area contributed by atoms with Crippen LogP contribution in [0.5, 0.6) is 0 Å². The quantitative estimate of drug-likeness (QED) is 0.0627. The zero-order valence-corrected chi connectivity index (χ0v) is 32.1. The van der Waals surface area contributed by atoms with Gasteiger partial charge in [0.25, 0.3) is 17.7 Å². The van der Waals surface area contributed by atoms with E-state index in [0.717, 1.165) is 28.6 Å². The molecule has 2 aliphatic heterocycles. The van der Waals surface area contributed by atoms with E-state index in [1.54, 1.807) is 30.7 Å². The van der Waals surface area contributed by atoms with Crippen molar-refractivity contribution in [3.05, 3.63) is 77.7 Å². The minimum atomic E-state index is -1.03. The van der Waals surface area contributed by atoms with Crippen molar-refractivity contribution in [3.8, 4) is 0 Å². The molecule has 0 spiro atoms. The monoisotopic (exact) mass is 804 g/mol. The van der Waals surface area contributed by atoms with Gasteiger partial charge in [-0.2, -0.15) is 0 Å². The van der Waals surface area contributed by atoms with Gasteiger partial charge in [0.2, 0.25) is 17.7 Å². The number of imide groups is 2. The van der Waals surface area contributed by atoms with E-state index in [4.69, 9.17) is 9.47 Å². The number of nitrogens with zero attached hydrogens (tertiary/aromatic N) is 4. The molecule has 4 aromatic rings. The number of aromatic nitrogens is 3. The van der Waals surface area contributed by atoms with Gasteiger partial charge in [-0.05, 0) is 62.4 Å². The number of pyridine rings is 3. The first-order valence-electron chi connectivity index (χ1n) is 19.8. The Hall–Kier alpha value is -6.53. The molecule has 1 atom stereocenters. The van der Waals surface area contributed by atoms with Crippen LogP contribution < -0.4 is 31.9 Å². The molecule has 4 aliphatic rings. The molecule has 8 rings (SSSR count). The Labute approximate surface area is 338 Å². The molecule has 0 bridgehead atoms. The molecule has 59 heavy (non-hydrogen) atoms. The van der Waals surface area contributed by atoms with Crippen LogP contribution in [0.2, 0.25) is 0 Å². The Kier molecular flexibility index (Phi) is 11.7. The van der Waals surface area contributed by atoms with Gasteiger partial charge in [-0.15, -0.1) is 0 Å². The second kappa shape index (κ2) is 17.5. The number of carbonyl (C=O) groups is 6. The summed E-state index contributed by atoms with van der Waals surface area (Å²) in [6, 6.07) is 11.5. The van der Waals surface area contributed by atoms with Crippen LogP contribution in [-0.4, -0.2) is 113 Å². The number of amides is 6. The fourth-order valence-electron chi connectivity index (χ4n) is 7.28. The smallest absolute Gasteiger partial charge is 0.264 e. The van der Waals surface area contributed by atoms with Crippen LogP contribution in [0.15, 0.2) is 61.1 Å². The normalized spacial score (nSPS) is 19.8. The van der Waals surface area contributed by atoms with Crippen LogP contribution in [-0.2, 0) is 23.9 Å². The van der Waals surface area contributed by atoms with Crippen molar-refractivity contribution < 1.29 is 38.2 Å². The maximum Gasteiger partial charge on any atom is 0.264 e. The zero-order valence-electron chi connectivity index (χ0n) is 32.1. The summed E-state index contributed by atoms with van der Waals surface area (Å²) in [5.41, 5.74) is 2.78. The molecule has 2 aliphatic carbocycles. The highest BCUT2D eigenvalue weighted by atomic mass is 16.5. The summed E-state index contributed by atoms with van der Waals surface area (Å²) in [7, 11) is 0. The second-order valence-corrected chi connectivity index (χ2v) is 14.9. The molecule has 1 unspecified atom stereocenters. The zero-order chi connectivity index (χ0) is 40.9. The minimum absolute atomic E-state index is 0.0499. The molecule has 3 aromatic heterocycles. The molecule has 5 heterocycles. The van der Waals surface area contributed by atoms with Gasteiger partial charge in [-0.1, -0.05) is 6.07 Å². The first kappa shape index (κ1) is 39.3. The maximum absolute atomic E-state index is 13.3. The van der Waals surface area contributed by atoms with E-state index in [0.29, 0.717) is 87.0 Å². The average molecular weight is 805 g/mol. The fraction of sp³-hybridized carbons (Fsp3) is 0.390. The van der Waals surface area contributed by atoms with Gasteiger partial charge in [0.15, 0.2) is 0 Å². The highest BCUT2D eigenvalue weighted by Crippen LogP contribution is 2.33. The number of fused-ring (bicyclic) bond motifs is 2. The van der Waals surface area contributed by atoms with E-state index >= 15 is 0 Å². The Morgan fingerprint density at radius 1 is 0.847 bits per heavy atom. The molecule has 6 amide bonds. The lowest BCUT2D eigenvalue weighted by molar-refractivity contribution is -0.136. The molecule has 2 saturated carbocycles. The summed E-state index contributed by atoms with van der Waals surface area (Å²) in [5, 5.41) is 18.9. The molecule has 1 saturated heterocycles. The SMILES string of the molecule is O=C1CCC(N2C(=O)c3cccc(NCCOCCOCCNC(=O)[C@H]4C[C@H](NC(=O)c5cnc(Nc6ccc7cnccc7n6)cc5NC5CC5)C4)c3C2=O)C(=O)N1. The third-order valence-corrected chi connectivity index (χ3v) is 10.6. The van der Waals surface area contributed by atoms with Gasteiger partial charge in [0.05, 0.1) is 54.3 Å². The van der Waals surface area contributed by atoms with Crippen LogP contribution >= 0.6 is 0 Å². The van der Waals surface area contributed by atoms with E-state index in [1.165, 1.54) is 6.07 Å². The van der Waals surface area contributed by atoms with Crippen molar-refractivity contribution >= 4 is 69.4 Å². The van der Waals surface area contributed by atoms with Crippen molar-refractivity contribution in [1.82, 2.24) is 35.8 Å². The summed E-state index contributed by atoms with van der Waals surface area (Å²) in [4.78, 5) is 90.4. The number of rotatable bonds is 18. The van der Waals surface area contributed by atoms with Crippen LogP contribution in [0.4, 0.5) is 23.0 Å². The molecular formula is C41H44N10O8. The number of anilines is 4. The van der Waals surface area contributed by atoms with Crippen molar-refractivity contribution in [2.24, 2.45) is 5.92 Å². The number of piperidine rings is 1. The lowest BCUT2D eigenvalue weighted by atomic mass is 9.79. The lowest BCUT2D eigenvalue weighted by Gasteiger charge is -2.34. The van der Waals surface area contributed by atoms with Crippen molar-refractivity contribution in [3.63, 3.8) is 0 Å². The summed E-state index contributed by atoms with van der Waals surface area (Å²) in [5.74, 6) is -1.57. The Morgan fingerprint density at radius 2 is 1.66 bits per heavy atom. The number of benzene rings is 1. The topological polar surface area (TPSA) is 235 Å². The van der Waals surface area contributed by atoms with E-state index in [2.05, 4.69) is 46.9 Å². The van der Waals surface area contributed by atoms with Gasteiger partial charge in [0.1, 0.15) is 17.7 Å². The number of carbonyl (C=O) groups excluding carboxylic acids is 6. The van der Waals surface area contributed by atoms with Crippen LogP contribution in [0.1, 0.15) is 69.6 Å². The Bertz CT molecular complexity index is 2300. The summed E-state index contributed by atoms with van der Waals surface area (Å²) >= 11 is 0. The minimum Gasteiger partial charge on any atom is -0.382 e. The Balaban J connectivity index is 0.701. The van der Waals surface area contributed by atoms with Gasteiger partial charge in [-0.25, -0.2) is 9.97 Å². The predicted octanol–water partition coefficient (Wildman–Crippen LogP) is 2.51. The average Bonchev–Trinajstić information content (AvgIpc) is 4.00. The highest BCUT2D eigenvalue weighted by Gasteiger charge is 2.45. The number of hydrogen-bond acceptors (Lipinski definition) is 14. The van der Waals surface area contributed by atoms with Crippen LogP contribution in [0.25, 0.3) is 10.9 Å². The first-order valence-corrected chi connectivity index (χ1v) is 19.8. The van der Waals surface area contributed by atoms with E-state index in [9.17, 15) is 28.8 Å². The molecule has 18 nitrogen and oxygen atoms in total. The van der Waals surface area contributed by atoms with E-state index in [-0.39, 0.29) is 47.7 Å². The van der Waals surface area contributed by atoms with E-state index in [1.807, 2.05) is 24.3 Å². The molecule has 6 N–H and O–H groups in total. The highest BCUT2D eigenvalue weighted by molar-refractivity contribution is 6.25. The molecule has 18 heteroatoms. The van der Waals surface area contributed by atoms with Crippen molar-refractivity contribution in [2.45, 2.75) is 56.7 Å². The second-order valence-electron chi connectivity index (χ2n) is 14.9. The van der Waals surface area contributed by atoms with Crippen LogP contribution in [0.3, 0.4) is 0 Å².